The first-order chi connectivity index (χ1) is 9.75. The molecule has 0 unspecified atom stereocenters. The first-order valence-electron chi connectivity index (χ1n) is 7.45. The zero-order valence-corrected chi connectivity index (χ0v) is 12.0. The normalized spacial score (nSPS) is 16.4. The number of fused-ring (bicyclic) bond motifs is 1. The third-order valence-electron chi connectivity index (χ3n) is 4.10. The Kier molecular flexibility index (Phi) is 3.72. The van der Waals surface area contributed by atoms with Crippen molar-refractivity contribution in [3.05, 3.63) is 30.1 Å². The third-order valence-corrected chi connectivity index (χ3v) is 4.10. The van der Waals surface area contributed by atoms with Crippen LogP contribution in [0.1, 0.15) is 31.5 Å². The Bertz CT molecular complexity index is 609. The number of rotatable bonds is 2. The van der Waals surface area contributed by atoms with E-state index >= 15 is 0 Å². The molecule has 0 radical (unpaired) electrons. The van der Waals surface area contributed by atoms with Gasteiger partial charge >= 0.3 is 0 Å². The number of carbonyl (C=O) groups excluding carboxylic acids is 1. The number of aryl methyl sites for hydroxylation is 1. The number of aromatic nitrogens is 2. The average Bonchev–Trinajstić information content (AvgIpc) is 2.66. The van der Waals surface area contributed by atoms with Gasteiger partial charge in [-0.15, -0.1) is 0 Å². The summed E-state index contributed by atoms with van der Waals surface area (Å²) in [5.74, 6) is 1.13. The van der Waals surface area contributed by atoms with Crippen molar-refractivity contribution in [2.75, 3.05) is 13.1 Å². The maximum atomic E-state index is 12.5. The van der Waals surface area contributed by atoms with Crippen molar-refractivity contribution in [2.24, 2.45) is 0 Å². The minimum atomic E-state index is 0.221. The molecule has 1 aromatic carbocycles. The van der Waals surface area contributed by atoms with Gasteiger partial charge in [-0.2, -0.15) is 0 Å². The van der Waals surface area contributed by atoms with Gasteiger partial charge in [0.25, 0.3) is 0 Å². The smallest absolute Gasteiger partial charge is 0.242 e. The number of likely N-dealkylation sites (tertiary alicyclic amines) is 1. The fourth-order valence-electron chi connectivity index (χ4n) is 2.95. The van der Waals surface area contributed by atoms with E-state index in [4.69, 9.17) is 0 Å². The monoisotopic (exact) mass is 271 g/mol. The summed E-state index contributed by atoms with van der Waals surface area (Å²) in [6, 6.07) is 8.01. The van der Waals surface area contributed by atoms with Crippen molar-refractivity contribution in [1.29, 1.82) is 0 Å². The number of hydrogen-bond donors (Lipinski definition) is 0. The van der Waals surface area contributed by atoms with E-state index in [1.165, 1.54) is 12.8 Å². The van der Waals surface area contributed by atoms with E-state index in [9.17, 15) is 4.79 Å². The maximum absolute atomic E-state index is 12.5. The Morgan fingerprint density at radius 2 is 1.85 bits per heavy atom. The van der Waals surface area contributed by atoms with Gasteiger partial charge in [0.05, 0.1) is 11.0 Å². The molecule has 2 aromatic rings. The van der Waals surface area contributed by atoms with E-state index in [-0.39, 0.29) is 5.91 Å². The zero-order chi connectivity index (χ0) is 13.9. The van der Waals surface area contributed by atoms with E-state index in [1.807, 2.05) is 40.7 Å². The minimum Gasteiger partial charge on any atom is -0.341 e. The Morgan fingerprint density at radius 1 is 1.15 bits per heavy atom. The van der Waals surface area contributed by atoms with Gasteiger partial charge in [-0.1, -0.05) is 25.0 Å². The van der Waals surface area contributed by atoms with Crippen molar-refractivity contribution >= 4 is 16.9 Å². The highest BCUT2D eigenvalue weighted by Gasteiger charge is 2.17. The van der Waals surface area contributed by atoms with Gasteiger partial charge < -0.3 is 9.47 Å². The summed E-state index contributed by atoms with van der Waals surface area (Å²) in [6.45, 7) is 4.19. The fourth-order valence-corrected chi connectivity index (χ4v) is 2.95. The molecule has 4 nitrogen and oxygen atoms in total. The average molecular weight is 271 g/mol. The first kappa shape index (κ1) is 13.2. The summed E-state index contributed by atoms with van der Waals surface area (Å²) in [5.41, 5.74) is 2.02. The number of hydrogen-bond acceptors (Lipinski definition) is 2. The van der Waals surface area contributed by atoms with E-state index in [2.05, 4.69) is 4.98 Å². The number of nitrogens with zero attached hydrogens (tertiary/aromatic N) is 3. The van der Waals surface area contributed by atoms with E-state index in [1.54, 1.807) is 0 Å². The van der Waals surface area contributed by atoms with Gasteiger partial charge in [-0.3, -0.25) is 4.79 Å². The molecule has 0 spiro atoms. The summed E-state index contributed by atoms with van der Waals surface area (Å²) in [5, 5.41) is 0. The lowest BCUT2D eigenvalue weighted by molar-refractivity contribution is -0.131. The molecule has 0 bridgehead atoms. The molecule has 1 amide bonds. The lowest BCUT2D eigenvalue weighted by Gasteiger charge is -2.21. The predicted molar refractivity (Wildman–Crippen MR) is 79.5 cm³/mol. The van der Waals surface area contributed by atoms with Gasteiger partial charge in [-0.25, -0.2) is 4.98 Å². The molecule has 1 fully saturated rings. The second-order valence-electron chi connectivity index (χ2n) is 5.53. The molecule has 1 aliphatic rings. The number of carbonyl (C=O) groups is 1. The zero-order valence-electron chi connectivity index (χ0n) is 12.0. The molecule has 0 aliphatic carbocycles. The Labute approximate surface area is 119 Å². The van der Waals surface area contributed by atoms with Crippen LogP contribution in [-0.2, 0) is 11.3 Å². The number of imidazole rings is 1. The Hall–Kier alpha value is -1.84. The standard InChI is InChI=1S/C16H21N3O/c1-13-17-14-8-4-5-9-15(14)19(13)12-16(20)18-10-6-2-3-7-11-18/h4-5,8-9H,2-3,6-7,10-12H2,1H3. The Balaban J connectivity index is 1.81. The molecular formula is C16H21N3O. The summed E-state index contributed by atoms with van der Waals surface area (Å²) in [4.78, 5) is 19.0. The maximum Gasteiger partial charge on any atom is 0.242 e. The molecule has 0 N–H and O–H groups in total. The topological polar surface area (TPSA) is 38.1 Å². The summed E-state index contributed by atoms with van der Waals surface area (Å²) >= 11 is 0. The molecule has 20 heavy (non-hydrogen) atoms. The summed E-state index contributed by atoms with van der Waals surface area (Å²) < 4.78 is 2.03. The first-order valence-corrected chi connectivity index (χ1v) is 7.45. The SMILES string of the molecule is Cc1nc2ccccc2n1CC(=O)N1CCCCCC1. The molecule has 0 atom stereocenters. The van der Waals surface area contributed by atoms with Crippen LogP contribution in [-0.4, -0.2) is 33.4 Å². The summed E-state index contributed by atoms with van der Waals surface area (Å²) in [6.07, 6.45) is 4.76. The molecule has 1 saturated heterocycles. The fraction of sp³-hybridized carbons (Fsp3) is 0.500. The second kappa shape index (κ2) is 5.65. The van der Waals surface area contributed by atoms with Crippen LogP contribution in [0.5, 0.6) is 0 Å². The van der Waals surface area contributed by atoms with Gasteiger partial charge in [-0.05, 0) is 31.9 Å². The van der Waals surface area contributed by atoms with E-state index in [0.717, 1.165) is 42.8 Å². The van der Waals surface area contributed by atoms with E-state index in [0.29, 0.717) is 6.54 Å². The van der Waals surface area contributed by atoms with Crippen molar-refractivity contribution < 1.29 is 4.79 Å². The Morgan fingerprint density at radius 3 is 2.60 bits per heavy atom. The lowest BCUT2D eigenvalue weighted by atomic mass is 10.2. The number of amides is 1. The van der Waals surface area contributed by atoms with Crippen LogP contribution in [0, 0.1) is 6.92 Å². The van der Waals surface area contributed by atoms with Gasteiger partial charge in [0.15, 0.2) is 0 Å². The van der Waals surface area contributed by atoms with Crippen molar-refractivity contribution in [1.82, 2.24) is 14.5 Å². The molecule has 3 rings (SSSR count). The van der Waals surface area contributed by atoms with E-state index < -0.39 is 0 Å². The van der Waals surface area contributed by atoms with Crippen LogP contribution < -0.4 is 0 Å². The van der Waals surface area contributed by atoms with Crippen LogP contribution in [0.25, 0.3) is 11.0 Å². The van der Waals surface area contributed by atoms with Crippen LogP contribution in [0.4, 0.5) is 0 Å². The lowest BCUT2D eigenvalue weighted by Crippen LogP contribution is -2.34. The quantitative estimate of drug-likeness (QED) is 0.842. The van der Waals surface area contributed by atoms with Crippen molar-refractivity contribution in [3.63, 3.8) is 0 Å². The third kappa shape index (κ3) is 2.55. The van der Waals surface area contributed by atoms with Crippen LogP contribution >= 0.6 is 0 Å². The highest BCUT2D eigenvalue weighted by molar-refractivity contribution is 5.81. The highest BCUT2D eigenvalue weighted by Crippen LogP contribution is 2.16. The minimum absolute atomic E-state index is 0.221. The van der Waals surface area contributed by atoms with Crippen LogP contribution in [0.3, 0.4) is 0 Å². The molecule has 4 heteroatoms. The summed E-state index contributed by atoms with van der Waals surface area (Å²) in [7, 11) is 0. The largest absolute Gasteiger partial charge is 0.341 e. The molecule has 0 saturated carbocycles. The molecule has 1 aliphatic heterocycles. The number of para-hydroxylation sites is 2. The number of benzene rings is 1. The molecular weight excluding hydrogens is 250 g/mol. The molecule has 1 aromatic heterocycles. The molecule has 2 heterocycles. The van der Waals surface area contributed by atoms with Crippen LogP contribution in [0.15, 0.2) is 24.3 Å². The highest BCUT2D eigenvalue weighted by atomic mass is 16.2. The van der Waals surface area contributed by atoms with Gasteiger partial charge in [0, 0.05) is 13.1 Å². The van der Waals surface area contributed by atoms with Crippen LogP contribution in [0.2, 0.25) is 0 Å². The second-order valence-corrected chi connectivity index (χ2v) is 5.53. The predicted octanol–water partition coefficient (Wildman–Crippen LogP) is 2.75. The van der Waals surface area contributed by atoms with Crippen molar-refractivity contribution in [2.45, 2.75) is 39.2 Å². The van der Waals surface area contributed by atoms with Gasteiger partial charge in [0.1, 0.15) is 12.4 Å². The van der Waals surface area contributed by atoms with Crippen molar-refractivity contribution in [3.8, 4) is 0 Å². The van der Waals surface area contributed by atoms with Gasteiger partial charge in [0.2, 0.25) is 5.91 Å². The molecule has 106 valence electrons.